The Labute approximate surface area is 105 Å². The Hall–Kier alpha value is -0.750. The molecule has 0 spiro atoms. The second-order valence-electron chi connectivity index (χ2n) is 4.09. The molecule has 0 aromatic rings. The zero-order valence-corrected chi connectivity index (χ0v) is 11.0. The molecule has 1 amide bonds. The number of hydrogen-bond acceptors (Lipinski definition) is 4. The average Bonchev–Trinajstić information content (AvgIpc) is 2.73. The lowest BCUT2D eigenvalue weighted by atomic mass is 10.2. The SMILES string of the molecule is COC1CC(C(=O)O)N(C(=O)CCCSC)C1. The molecular formula is C11H19NO4S. The van der Waals surface area contributed by atoms with Gasteiger partial charge in [0.15, 0.2) is 0 Å². The quantitative estimate of drug-likeness (QED) is 0.717. The van der Waals surface area contributed by atoms with Gasteiger partial charge in [-0.1, -0.05) is 0 Å². The van der Waals surface area contributed by atoms with E-state index in [2.05, 4.69) is 0 Å². The fraction of sp³-hybridized carbons (Fsp3) is 0.818. The molecule has 1 fully saturated rings. The van der Waals surface area contributed by atoms with Crippen molar-refractivity contribution in [1.82, 2.24) is 4.90 Å². The summed E-state index contributed by atoms with van der Waals surface area (Å²) in [5.74, 6) is -0.0980. The zero-order valence-electron chi connectivity index (χ0n) is 10.2. The Kier molecular flexibility index (Phi) is 5.77. The van der Waals surface area contributed by atoms with Crippen molar-refractivity contribution in [1.29, 1.82) is 0 Å². The molecule has 1 aliphatic rings. The molecule has 2 unspecified atom stereocenters. The van der Waals surface area contributed by atoms with E-state index in [1.54, 1.807) is 18.9 Å². The molecule has 0 aliphatic carbocycles. The number of carbonyl (C=O) groups excluding carboxylic acids is 1. The molecule has 0 saturated carbocycles. The van der Waals surface area contributed by atoms with Gasteiger partial charge in [-0.05, 0) is 18.4 Å². The molecule has 1 heterocycles. The molecule has 6 heteroatoms. The summed E-state index contributed by atoms with van der Waals surface area (Å²) in [5, 5.41) is 9.06. The first kappa shape index (κ1) is 14.3. The molecule has 1 aliphatic heterocycles. The van der Waals surface area contributed by atoms with Crippen molar-refractivity contribution in [3.8, 4) is 0 Å². The second-order valence-corrected chi connectivity index (χ2v) is 5.08. The van der Waals surface area contributed by atoms with E-state index in [0.29, 0.717) is 19.4 Å². The number of aliphatic carboxylic acids is 1. The predicted octanol–water partition coefficient (Wildman–Crippen LogP) is 0.830. The fourth-order valence-electron chi connectivity index (χ4n) is 1.99. The maximum Gasteiger partial charge on any atom is 0.326 e. The average molecular weight is 261 g/mol. The topological polar surface area (TPSA) is 66.8 Å². The number of ether oxygens (including phenoxy) is 1. The Morgan fingerprint density at radius 2 is 2.24 bits per heavy atom. The Morgan fingerprint density at radius 1 is 1.53 bits per heavy atom. The van der Waals surface area contributed by atoms with Crippen LogP contribution in [0.5, 0.6) is 0 Å². The predicted molar refractivity (Wildman–Crippen MR) is 66.2 cm³/mol. The largest absolute Gasteiger partial charge is 0.480 e. The fourth-order valence-corrected chi connectivity index (χ4v) is 2.42. The van der Waals surface area contributed by atoms with Crippen LogP contribution in [0.2, 0.25) is 0 Å². The number of hydrogen-bond donors (Lipinski definition) is 1. The molecule has 0 bridgehead atoms. The number of methoxy groups -OCH3 is 1. The molecule has 1 rings (SSSR count). The van der Waals surface area contributed by atoms with Crippen LogP contribution < -0.4 is 0 Å². The number of rotatable bonds is 6. The molecule has 0 radical (unpaired) electrons. The number of amides is 1. The highest BCUT2D eigenvalue weighted by Gasteiger charge is 2.39. The first-order valence-corrected chi connectivity index (χ1v) is 7.03. The first-order valence-electron chi connectivity index (χ1n) is 5.64. The van der Waals surface area contributed by atoms with Crippen LogP contribution >= 0.6 is 11.8 Å². The number of nitrogens with zero attached hydrogens (tertiary/aromatic N) is 1. The third kappa shape index (κ3) is 3.89. The van der Waals surface area contributed by atoms with E-state index >= 15 is 0 Å². The molecular weight excluding hydrogens is 242 g/mol. The van der Waals surface area contributed by atoms with Crippen molar-refractivity contribution in [3.63, 3.8) is 0 Å². The monoisotopic (exact) mass is 261 g/mol. The van der Waals surface area contributed by atoms with Crippen molar-refractivity contribution in [2.75, 3.05) is 25.7 Å². The van der Waals surface area contributed by atoms with Crippen LogP contribution in [-0.2, 0) is 14.3 Å². The van der Waals surface area contributed by atoms with Crippen LogP contribution in [-0.4, -0.2) is 59.7 Å². The summed E-state index contributed by atoms with van der Waals surface area (Å²) < 4.78 is 5.14. The Balaban J connectivity index is 2.54. The molecule has 5 nitrogen and oxygen atoms in total. The normalized spacial score (nSPS) is 24.0. The maximum absolute atomic E-state index is 11.9. The molecule has 17 heavy (non-hydrogen) atoms. The molecule has 2 atom stereocenters. The zero-order chi connectivity index (χ0) is 12.8. The smallest absolute Gasteiger partial charge is 0.326 e. The van der Waals surface area contributed by atoms with Gasteiger partial charge in [-0.15, -0.1) is 0 Å². The Morgan fingerprint density at radius 3 is 2.76 bits per heavy atom. The summed E-state index contributed by atoms with van der Waals surface area (Å²) in [7, 11) is 1.55. The van der Waals surface area contributed by atoms with E-state index in [-0.39, 0.29) is 12.0 Å². The Bertz CT molecular complexity index is 285. The molecule has 98 valence electrons. The van der Waals surface area contributed by atoms with Gasteiger partial charge in [0.05, 0.1) is 6.10 Å². The van der Waals surface area contributed by atoms with E-state index in [0.717, 1.165) is 12.2 Å². The van der Waals surface area contributed by atoms with Crippen LogP contribution in [0.1, 0.15) is 19.3 Å². The molecule has 1 saturated heterocycles. The van der Waals surface area contributed by atoms with E-state index in [1.165, 1.54) is 4.90 Å². The van der Waals surface area contributed by atoms with Gasteiger partial charge in [-0.2, -0.15) is 11.8 Å². The highest BCUT2D eigenvalue weighted by atomic mass is 32.2. The lowest BCUT2D eigenvalue weighted by molar-refractivity contribution is -0.148. The van der Waals surface area contributed by atoms with E-state index in [1.807, 2.05) is 6.26 Å². The van der Waals surface area contributed by atoms with Gasteiger partial charge in [0.1, 0.15) is 6.04 Å². The minimum absolute atomic E-state index is 0.0778. The lowest BCUT2D eigenvalue weighted by Gasteiger charge is -2.21. The van der Waals surface area contributed by atoms with Crippen LogP contribution in [0.15, 0.2) is 0 Å². The minimum atomic E-state index is -0.942. The van der Waals surface area contributed by atoms with Gasteiger partial charge in [0, 0.05) is 26.5 Å². The van der Waals surface area contributed by atoms with Gasteiger partial charge >= 0.3 is 5.97 Å². The summed E-state index contributed by atoms with van der Waals surface area (Å²) in [6, 6.07) is -0.721. The van der Waals surface area contributed by atoms with E-state index in [9.17, 15) is 9.59 Å². The highest BCUT2D eigenvalue weighted by Crippen LogP contribution is 2.21. The third-order valence-corrected chi connectivity index (χ3v) is 3.64. The summed E-state index contributed by atoms with van der Waals surface area (Å²) in [4.78, 5) is 24.4. The number of likely N-dealkylation sites (tertiary alicyclic amines) is 1. The van der Waals surface area contributed by atoms with Crippen molar-refractivity contribution in [2.45, 2.75) is 31.4 Å². The highest BCUT2D eigenvalue weighted by molar-refractivity contribution is 7.98. The van der Waals surface area contributed by atoms with Crippen LogP contribution in [0.4, 0.5) is 0 Å². The van der Waals surface area contributed by atoms with Crippen molar-refractivity contribution in [2.24, 2.45) is 0 Å². The van der Waals surface area contributed by atoms with Gasteiger partial charge in [0.2, 0.25) is 5.91 Å². The summed E-state index contributed by atoms with van der Waals surface area (Å²) in [6.07, 6.45) is 3.43. The third-order valence-electron chi connectivity index (χ3n) is 2.94. The molecule has 0 aromatic carbocycles. The standard InChI is InChI=1S/C11H19NO4S/c1-16-8-6-9(11(14)15)12(7-8)10(13)4-3-5-17-2/h8-9H,3-7H2,1-2H3,(H,14,15). The van der Waals surface area contributed by atoms with Gasteiger partial charge in [-0.25, -0.2) is 4.79 Å². The van der Waals surface area contributed by atoms with Crippen molar-refractivity contribution >= 4 is 23.6 Å². The number of carbonyl (C=O) groups is 2. The summed E-state index contributed by atoms with van der Waals surface area (Å²) in [6.45, 7) is 0.394. The second kappa shape index (κ2) is 6.86. The van der Waals surface area contributed by atoms with Crippen LogP contribution in [0.25, 0.3) is 0 Å². The maximum atomic E-state index is 11.9. The van der Waals surface area contributed by atoms with Crippen LogP contribution in [0.3, 0.4) is 0 Å². The molecule has 0 aromatic heterocycles. The first-order chi connectivity index (χ1) is 8.10. The summed E-state index contributed by atoms with van der Waals surface area (Å²) >= 11 is 1.69. The van der Waals surface area contributed by atoms with Crippen LogP contribution in [0, 0.1) is 0 Å². The number of thioether (sulfide) groups is 1. The lowest BCUT2D eigenvalue weighted by Crippen LogP contribution is -2.40. The summed E-state index contributed by atoms with van der Waals surface area (Å²) in [5.41, 5.74) is 0. The number of carboxylic acids is 1. The van der Waals surface area contributed by atoms with E-state index < -0.39 is 12.0 Å². The van der Waals surface area contributed by atoms with Gasteiger partial charge in [-0.3, -0.25) is 4.79 Å². The van der Waals surface area contributed by atoms with Gasteiger partial charge in [0.25, 0.3) is 0 Å². The molecule has 1 N–H and O–H groups in total. The van der Waals surface area contributed by atoms with E-state index in [4.69, 9.17) is 9.84 Å². The van der Waals surface area contributed by atoms with Crippen molar-refractivity contribution in [3.05, 3.63) is 0 Å². The van der Waals surface area contributed by atoms with Crippen molar-refractivity contribution < 1.29 is 19.4 Å². The van der Waals surface area contributed by atoms with Gasteiger partial charge < -0.3 is 14.7 Å². The minimum Gasteiger partial charge on any atom is -0.480 e. The number of carboxylic acid groups (broad SMARTS) is 1.